The Hall–Kier alpha value is -4.34. The van der Waals surface area contributed by atoms with Gasteiger partial charge in [-0.15, -0.1) is 0 Å². The minimum atomic E-state index is -0.794. The molecule has 10 heteroatoms. The number of carbonyl (C=O) groups is 1. The first-order valence-electron chi connectivity index (χ1n) is 8.93. The molecule has 0 fully saturated rings. The molecule has 2 aromatic carbocycles. The van der Waals surface area contributed by atoms with Crippen molar-refractivity contribution in [2.45, 2.75) is 0 Å². The van der Waals surface area contributed by atoms with E-state index in [2.05, 4.69) is 15.0 Å². The Morgan fingerprint density at radius 3 is 2.77 bits per heavy atom. The molecular formula is C20H15N5O5. The molecule has 0 saturated heterocycles. The average Bonchev–Trinajstić information content (AvgIpc) is 3.35. The molecule has 0 unspecified atom stereocenters. The molecule has 1 aliphatic heterocycles. The lowest BCUT2D eigenvalue weighted by atomic mass is 10.2. The zero-order valence-electron chi connectivity index (χ0n) is 15.7. The number of aromatic nitrogens is 4. The first-order valence-corrected chi connectivity index (χ1v) is 8.93. The molecule has 3 N–H and O–H groups in total. The highest BCUT2D eigenvalue weighted by atomic mass is 16.7. The fourth-order valence-electron chi connectivity index (χ4n) is 3.38. The van der Waals surface area contributed by atoms with Crippen LogP contribution in [0.25, 0.3) is 28.2 Å². The normalized spacial score (nSPS) is 12.3. The summed E-state index contributed by atoms with van der Waals surface area (Å²) in [6.45, 7) is 0.105. The second-order valence-electron chi connectivity index (χ2n) is 6.46. The monoisotopic (exact) mass is 405 g/mol. The van der Waals surface area contributed by atoms with Crippen molar-refractivity contribution < 1.29 is 19.0 Å². The summed E-state index contributed by atoms with van der Waals surface area (Å²) in [5.74, 6) is 0.997. The molecule has 2 aromatic heterocycles. The van der Waals surface area contributed by atoms with E-state index >= 15 is 0 Å². The number of amides is 1. The molecular weight excluding hydrogens is 390 g/mol. The summed E-state index contributed by atoms with van der Waals surface area (Å²) >= 11 is 0. The summed E-state index contributed by atoms with van der Waals surface area (Å²) in [7, 11) is 1.52. The van der Waals surface area contributed by atoms with Gasteiger partial charge in [-0.2, -0.15) is 0 Å². The number of methoxy groups -OCH3 is 1. The number of primary amides is 1. The predicted molar refractivity (Wildman–Crippen MR) is 106 cm³/mol. The molecule has 3 heterocycles. The van der Waals surface area contributed by atoms with Crippen molar-refractivity contribution >= 4 is 17.1 Å². The molecule has 30 heavy (non-hydrogen) atoms. The lowest BCUT2D eigenvalue weighted by Gasteiger charge is -2.09. The summed E-state index contributed by atoms with van der Waals surface area (Å²) in [6, 6.07) is 12.1. The number of fused-ring (bicyclic) bond motifs is 2. The van der Waals surface area contributed by atoms with Crippen LogP contribution in [-0.2, 0) is 0 Å². The molecule has 10 nitrogen and oxygen atoms in total. The van der Waals surface area contributed by atoms with Gasteiger partial charge in [-0.1, -0.05) is 12.1 Å². The number of hydrogen-bond acceptors (Lipinski definition) is 7. The van der Waals surface area contributed by atoms with Crippen LogP contribution in [0.15, 0.2) is 47.3 Å². The molecule has 5 rings (SSSR count). The van der Waals surface area contributed by atoms with E-state index in [0.717, 1.165) is 0 Å². The molecule has 0 aliphatic carbocycles. The first-order chi connectivity index (χ1) is 14.6. The van der Waals surface area contributed by atoms with Gasteiger partial charge in [-0.3, -0.25) is 4.79 Å². The highest BCUT2D eigenvalue weighted by Gasteiger charge is 2.22. The minimum Gasteiger partial charge on any atom is -0.496 e. The van der Waals surface area contributed by atoms with Crippen molar-refractivity contribution in [2.24, 2.45) is 5.73 Å². The standard InChI is InChI=1S/C20H15N5O5/c1-28-12-5-3-2-4-11(12)18-22-15(17(21)26)16-19(24-18)25(20(27)23-16)10-6-7-13-14(8-10)30-9-29-13/h2-8H,9H2,1H3,(H2,21,26)(H,23,27). The number of carbonyl (C=O) groups excluding carboxylic acids is 1. The summed E-state index contributed by atoms with van der Waals surface area (Å²) in [4.78, 5) is 36.3. The third kappa shape index (κ3) is 2.65. The average molecular weight is 405 g/mol. The van der Waals surface area contributed by atoms with Crippen LogP contribution in [0, 0.1) is 0 Å². The van der Waals surface area contributed by atoms with Crippen LogP contribution < -0.4 is 25.6 Å². The van der Waals surface area contributed by atoms with E-state index in [0.29, 0.717) is 28.5 Å². The number of nitrogens with two attached hydrogens (primary N) is 1. The van der Waals surface area contributed by atoms with Gasteiger partial charge in [-0.05, 0) is 24.3 Å². The van der Waals surface area contributed by atoms with Crippen LogP contribution in [0.1, 0.15) is 10.5 Å². The largest absolute Gasteiger partial charge is 0.496 e. The predicted octanol–water partition coefficient (Wildman–Crippen LogP) is 1.61. The van der Waals surface area contributed by atoms with E-state index in [1.165, 1.54) is 11.7 Å². The molecule has 0 bridgehead atoms. The number of imidazole rings is 1. The highest BCUT2D eigenvalue weighted by Crippen LogP contribution is 2.34. The maximum atomic E-state index is 12.8. The zero-order chi connectivity index (χ0) is 20.8. The van der Waals surface area contributed by atoms with Gasteiger partial charge < -0.3 is 24.9 Å². The van der Waals surface area contributed by atoms with E-state index in [1.54, 1.807) is 42.5 Å². The number of benzene rings is 2. The molecule has 1 amide bonds. The molecule has 0 radical (unpaired) electrons. The summed E-state index contributed by atoms with van der Waals surface area (Å²) < 4.78 is 17.4. The lowest BCUT2D eigenvalue weighted by Crippen LogP contribution is -2.15. The smallest absolute Gasteiger partial charge is 0.332 e. The van der Waals surface area contributed by atoms with Crippen LogP contribution in [0.5, 0.6) is 17.2 Å². The van der Waals surface area contributed by atoms with Crippen molar-refractivity contribution in [3.63, 3.8) is 0 Å². The summed E-state index contributed by atoms with van der Waals surface area (Å²) in [5, 5.41) is 0. The van der Waals surface area contributed by atoms with E-state index in [1.807, 2.05) is 0 Å². The van der Waals surface area contributed by atoms with Crippen LogP contribution >= 0.6 is 0 Å². The van der Waals surface area contributed by atoms with Gasteiger partial charge in [0.05, 0.1) is 18.4 Å². The Kier molecular flexibility index (Phi) is 3.91. The van der Waals surface area contributed by atoms with Crippen molar-refractivity contribution in [3.8, 4) is 34.3 Å². The van der Waals surface area contributed by atoms with Crippen molar-refractivity contribution in [1.82, 2.24) is 19.5 Å². The highest BCUT2D eigenvalue weighted by molar-refractivity contribution is 6.02. The Bertz CT molecular complexity index is 1370. The summed E-state index contributed by atoms with van der Waals surface area (Å²) in [5.41, 5.74) is 6.31. The first kappa shape index (κ1) is 17.7. The quantitative estimate of drug-likeness (QED) is 0.527. The second-order valence-corrected chi connectivity index (χ2v) is 6.46. The van der Waals surface area contributed by atoms with Crippen molar-refractivity contribution in [1.29, 1.82) is 0 Å². The second kappa shape index (κ2) is 6.62. The Morgan fingerprint density at radius 1 is 1.17 bits per heavy atom. The van der Waals surface area contributed by atoms with Crippen molar-refractivity contribution in [2.75, 3.05) is 13.9 Å². The molecule has 4 aromatic rings. The number of hydrogen-bond donors (Lipinski definition) is 2. The Balaban J connectivity index is 1.81. The SMILES string of the molecule is COc1ccccc1-c1nc(C(N)=O)c2[nH]c(=O)n(-c3ccc4c(c3)OCO4)c2n1. The zero-order valence-corrected chi connectivity index (χ0v) is 15.7. The van der Waals surface area contributed by atoms with Gasteiger partial charge in [0.25, 0.3) is 5.91 Å². The number of para-hydroxylation sites is 1. The number of nitrogens with zero attached hydrogens (tertiary/aromatic N) is 3. The van der Waals surface area contributed by atoms with E-state index < -0.39 is 11.6 Å². The maximum Gasteiger partial charge on any atom is 0.332 e. The van der Waals surface area contributed by atoms with Gasteiger partial charge in [0.1, 0.15) is 11.3 Å². The number of H-pyrrole nitrogens is 1. The van der Waals surface area contributed by atoms with Crippen LogP contribution in [0.4, 0.5) is 0 Å². The van der Waals surface area contributed by atoms with E-state index in [4.69, 9.17) is 19.9 Å². The summed E-state index contributed by atoms with van der Waals surface area (Å²) in [6.07, 6.45) is 0. The van der Waals surface area contributed by atoms with Crippen molar-refractivity contribution in [3.05, 3.63) is 58.6 Å². The topological polar surface area (TPSA) is 134 Å². The fourth-order valence-corrected chi connectivity index (χ4v) is 3.38. The fraction of sp³-hybridized carbons (Fsp3) is 0.100. The van der Waals surface area contributed by atoms with Gasteiger partial charge in [0, 0.05) is 6.07 Å². The molecule has 1 aliphatic rings. The number of ether oxygens (including phenoxy) is 3. The third-order valence-corrected chi connectivity index (χ3v) is 4.73. The maximum absolute atomic E-state index is 12.8. The van der Waals surface area contributed by atoms with E-state index in [-0.39, 0.29) is 29.5 Å². The van der Waals surface area contributed by atoms with E-state index in [9.17, 15) is 9.59 Å². The molecule has 0 atom stereocenters. The van der Waals surface area contributed by atoms with Crippen LogP contribution in [-0.4, -0.2) is 39.3 Å². The minimum absolute atomic E-state index is 0.0995. The molecule has 0 spiro atoms. The molecule has 0 saturated carbocycles. The number of aromatic amines is 1. The van der Waals surface area contributed by atoms with Gasteiger partial charge in [0.15, 0.2) is 28.7 Å². The third-order valence-electron chi connectivity index (χ3n) is 4.73. The number of rotatable bonds is 4. The van der Waals surface area contributed by atoms with Gasteiger partial charge in [-0.25, -0.2) is 19.3 Å². The Morgan fingerprint density at radius 2 is 1.97 bits per heavy atom. The number of nitrogens with one attached hydrogen (secondary N) is 1. The van der Waals surface area contributed by atoms with Crippen LogP contribution in [0.2, 0.25) is 0 Å². The Labute approximate surface area is 168 Å². The molecule has 150 valence electrons. The lowest BCUT2D eigenvalue weighted by molar-refractivity contribution is 0.0997. The van der Waals surface area contributed by atoms with Gasteiger partial charge >= 0.3 is 5.69 Å². The van der Waals surface area contributed by atoms with Crippen LogP contribution in [0.3, 0.4) is 0 Å². The van der Waals surface area contributed by atoms with Gasteiger partial charge in [0.2, 0.25) is 6.79 Å².